The van der Waals surface area contributed by atoms with Gasteiger partial charge in [0.15, 0.2) is 0 Å². The number of halogens is 1. The van der Waals surface area contributed by atoms with Gasteiger partial charge < -0.3 is 5.73 Å². The van der Waals surface area contributed by atoms with Crippen LogP contribution in [0.3, 0.4) is 0 Å². The molecule has 0 bridgehead atoms. The monoisotopic (exact) mass is 321 g/mol. The van der Waals surface area contributed by atoms with Crippen molar-refractivity contribution in [2.24, 2.45) is 0 Å². The van der Waals surface area contributed by atoms with Gasteiger partial charge in [-0.15, -0.1) is 0 Å². The van der Waals surface area contributed by atoms with Gasteiger partial charge in [-0.05, 0) is 42.8 Å². The highest BCUT2D eigenvalue weighted by molar-refractivity contribution is 7.92. The number of nitrogens with two attached hydrogens (primary N) is 1. The molecule has 2 aromatic rings. The molecule has 7 heteroatoms. The third-order valence-corrected chi connectivity index (χ3v) is 4.68. The number of sulfonamides is 1. The van der Waals surface area contributed by atoms with E-state index in [1.807, 2.05) is 6.07 Å². The van der Waals surface area contributed by atoms with Gasteiger partial charge in [-0.2, -0.15) is 5.26 Å². The minimum atomic E-state index is -3.77. The zero-order chi connectivity index (χ0) is 15.6. The quantitative estimate of drug-likeness (QED) is 0.849. The van der Waals surface area contributed by atoms with E-state index in [0.717, 1.165) is 0 Å². The van der Waals surface area contributed by atoms with Crippen LogP contribution in [-0.2, 0) is 10.0 Å². The van der Waals surface area contributed by atoms with E-state index in [1.54, 1.807) is 19.1 Å². The molecule has 108 valence electrons. The second-order valence-corrected chi connectivity index (χ2v) is 6.49. The fourth-order valence-electron chi connectivity index (χ4n) is 1.79. The van der Waals surface area contributed by atoms with Crippen LogP contribution in [0.5, 0.6) is 0 Å². The Balaban J connectivity index is 2.40. The minimum absolute atomic E-state index is 0.1000. The van der Waals surface area contributed by atoms with Crippen LogP contribution in [0, 0.1) is 18.3 Å². The van der Waals surface area contributed by atoms with E-state index in [4.69, 9.17) is 22.6 Å². The molecule has 21 heavy (non-hydrogen) atoms. The number of anilines is 2. The van der Waals surface area contributed by atoms with Gasteiger partial charge in [0.1, 0.15) is 6.07 Å². The molecule has 0 saturated heterocycles. The Bertz CT molecular complexity index is 842. The maximum atomic E-state index is 12.4. The van der Waals surface area contributed by atoms with Crippen molar-refractivity contribution in [3.8, 4) is 6.07 Å². The SMILES string of the molecule is Cc1ccc(N)cc1S(=O)(=O)Nc1ccc(C#N)c(Cl)c1. The molecule has 2 rings (SSSR count). The number of nitriles is 1. The molecule has 0 aliphatic heterocycles. The van der Waals surface area contributed by atoms with Gasteiger partial charge in [-0.25, -0.2) is 8.42 Å². The summed E-state index contributed by atoms with van der Waals surface area (Å²) in [5.74, 6) is 0. The van der Waals surface area contributed by atoms with Crippen molar-refractivity contribution < 1.29 is 8.42 Å². The van der Waals surface area contributed by atoms with E-state index in [0.29, 0.717) is 11.3 Å². The van der Waals surface area contributed by atoms with E-state index in [9.17, 15) is 8.42 Å². The first-order chi connectivity index (χ1) is 9.83. The van der Waals surface area contributed by atoms with Crippen LogP contribution in [0.15, 0.2) is 41.3 Å². The van der Waals surface area contributed by atoms with Crippen LogP contribution in [0.1, 0.15) is 11.1 Å². The van der Waals surface area contributed by atoms with Gasteiger partial charge in [0.2, 0.25) is 0 Å². The zero-order valence-corrected chi connectivity index (χ0v) is 12.7. The third-order valence-electron chi connectivity index (χ3n) is 2.84. The summed E-state index contributed by atoms with van der Waals surface area (Å²) in [5, 5.41) is 8.98. The van der Waals surface area contributed by atoms with Gasteiger partial charge in [0.25, 0.3) is 10.0 Å². The van der Waals surface area contributed by atoms with Crippen LogP contribution in [-0.4, -0.2) is 8.42 Å². The molecular weight excluding hydrogens is 310 g/mol. The van der Waals surface area contributed by atoms with Crippen molar-refractivity contribution in [3.63, 3.8) is 0 Å². The molecule has 0 spiro atoms. The lowest BCUT2D eigenvalue weighted by molar-refractivity contribution is 0.600. The van der Waals surface area contributed by atoms with Crippen LogP contribution in [0.2, 0.25) is 5.02 Å². The van der Waals surface area contributed by atoms with E-state index in [1.165, 1.54) is 24.3 Å². The average molecular weight is 322 g/mol. The molecule has 0 aliphatic rings. The topological polar surface area (TPSA) is 96.0 Å². The summed E-state index contributed by atoms with van der Waals surface area (Å²) < 4.78 is 27.1. The Morgan fingerprint density at radius 3 is 2.57 bits per heavy atom. The Kier molecular flexibility index (Phi) is 4.07. The largest absolute Gasteiger partial charge is 0.399 e. The summed E-state index contributed by atoms with van der Waals surface area (Å²) in [5.41, 5.74) is 7.13. The number of hydrogen-bond acceptors (Lipinski definition) is 4. The predicted molar refractivity (Wildman–Crippen MR) is 82.6 cm³/mol. The summed E-state index contributed by atoms with van der Waals surface area (Å²) >= 11 is 5.88. The Morgan fingerprint density at radius 1 is 1.24 bits per heavy atom. The molecule has 0 radical (unpaired) electrons. The van der Waals surface area contributed by atoms with Crippen molar-refractivity contribution in [2.45, 2.75) is 11.8 Å². The van der Waals surface area contributed by atoms with Crippen LogP contribution >= 0.6 is 11.6 Å². The van der Waals surface area contributed by atoms with E-state index < -0.39 is 10.0 Å². The maximum absolute atomic E-state index is 12.4. The Labute approximate surface area is 128 Å². The summed E-state index contributed by atoms with van der Waals surface area (Å²) in [4.78, 5) is 0.1000. The van der Waals surface area contributed by atoms with Crippen molar-refractivity contribution in [1.82, 2.24) is 0 Å². The van der Waals surface area contributed by atoms with Crippen molar-refractivity contribution in [3.05, 3.63) is 52.5 Å². The van der Waals surface area contributed by atoms with Crippen molar-refractivity contribution >= 4 is 33.0 Å². The average Bonchev–Trinajstić information content (AvgIpc) is 2.41. The summed E-state index contributed by atoms with van der Waals surface area (Å²) in [7, 11) is -3.77. The van der Waals surface area contributed by atoms with Gasteiger partial charge in [0.05, 0.1) is 21.2 Å². The number of nitrogen functional groups attached to an aromatic ring is 1. The molecule has 0 aromatic heterocycles. The molecule has 3 N–H and O–H groups in total. The van der Waals surface area contributed by atoms with Gasteiger partial charge in [0, 0.05) is 5.69 Å². The third kappa shape index (κ3) is 3.27. The number of hydrogen-bond donors (Lipinski definition) is 2. The number of nitrogens with zero attached hydrogens (tertiary/aromatic N) is 1. The highest BCUT2D eigenvalue weighted by Gasteiger charge is 2.17. The molecule has 0 aliphatic carbocycles. The molecule has 0 amide bonds. The van der Waals surface area contributed by atoms with Crippen LogP contribution in [0.25, 0.3) is 0 Å². The molecular formula is C14H12ClN3O2S. The molecule has 0 atom stereocenters. The van der Waals surface area contributed by atoms with Gasteiger partial charge in [-0.3, -0.25) is 4.72 Å². The highest BCUT2D eigenvalue weighted by Crippen LogP contribution is 2.24. The molecule has 2 aromatic carbocycles. The molecule has 5 nitrogen and oxygen atoms in total. The smallest absolute Gasteiger partial charge is 0.262 e. The number of aryl methyl sites for hydroxylation is 1. The second-order valence-electron chi connectivity index (χ2n) is 4.44. The number of benzene rings is 2. The number of nitrogens with one attached hydrogen (secondary N) is 1. The highest BCUT2D eigenvalue weighted by atomic mass is 35.5. The standard InChI is InChI=1S/C14H12ClN3O2S/c1-9-2-4-11(17)6-14(9)21(19,20)18-12-5-3-10(8-16)13(15)7-12/h2-7,18H,17H2,1H3. The van der Waals surface area contributed by atoms with Crippen LogP contribution in [0.4, 0.5) is 11.4 Å². The normalized spacial score (nSPS) is 10.9. The lowest BCUT2D eigenvalue weighted by Crippen LogP contribution is -2.14. The van der Waals surface area contributed by atoms with E-state index in [-0.39, 0.29) is 21.2 Å². The predicted octanol–water partition coefficient (Wildman–Crippen LogP) is 2.90. The Morgan fingerprint density at radius 2 is 1.95 bits per heavy atom. The lowest BCUT2D eigenvalue weighted by atomic mass is 10.2. The molecule has 0 unspecified atom stereocenters. The summed E-state index contributed by atoms with van der Waals surface area (Å²) in [6.07, 6.45) is 0. The first-order valence-corrected chi connectivity index (χ1v) is 7.78. The minimum Gasteiger partial charge on any atom is -0.399 e. The van der Waals surface area contributed by atoms with Crippen LogP contribution < -0.4 is 10.5 Å². The molecule has 0 heterocycles. The second kappa shape index (κ2) is 5.64. The van der Waals surface area contributed by atoms with Gasteiger partial charge in [-0.1, -0.05) is 17.7 Å². The summed E-state index contributed by atoms with van der Waals surface area (Å²) in [6, 6.07) is 10.9. The van der Waals surface area contributed by atoms with E-state index >= 15 is 0 Å². The first kappa shape index (κ1) is 15.2. The molecule has 0 fully saturated rings. The fraction of sp³-hybridized carbons (Fsp3) is 0.0714. The molecule has 0 saturated carbocycles. The lowest BCUT2D eigenvalue weighted by Gasteiger charge is -2.11. The van der Waals surface area contributed by atoms with Gasteiger partial charge >= 0.3 is 0 Å². The first-order valence-electron chi connectivity index (χ1n) is 5.92. The van der Waals surface area contributed by atoms with Crippen molar-refractivity contribution in [1.29, 1.82) is 5.26 Å². The summed E-state index contributed by atoms with van der Waals surface area (Å²) in [6.45, 7) is 1.68. The van der Waals surface area contributed by atoms with Crippen molar-refractivity contribution in [2.75, 3.05) is 10.5 Å². The van der Waals surface area contributed by atoms with E-state index in [2.05, 4.69) is 4.72 Å². The Hall–Kier alpha value is -2.23. The zero-order valence-electron chi connectivity index (χ0n) is 11.1. The fourth-order valence-corrected chi connectivity index (χ4v) is 3.34. The maximum Gasteiger partial charge on any atom is 0.262 e. The number of rotatable bonds is 3.